The van der Waals surface area contributed by atoms with Crippen molar-refractivity contribution in [3.05, 3.63) is 39.3 Å². The summed E-state index contributed by atoms with van der Waals surface area (Å²) in [4.78, 5) is 34.9. The Balaban J connectivity index is 1.87. The Morgan fingerprint density at radius 3 is 2.54 bits per heavy atom. The van der Waals surface area contributed by atoms with Crippen LogP contribution in [0, 0.1) is 10.1 Å². The number of fused-ring (bicyclic) bond motifs is 1. The number of aliphatic carboxylic acids is 1. The summed E-state index contributed by atoms with van der Waals surface area (Å²) in [5.74, 6) is -1.45. The fraction of sp³-hybridized carbons (Fsp3) is 0.375. The average Bonchev–Trinajstić information content (AvgIpc) is 2.98. The summed E-state index contributed by atoms with van der Waals surface area (Å²) in [6.45, 7) is 0. The molecule has 3 rings (SSSR count). The average molecular weight is 348 g/mol. The lowest BCUT2D eigenvalue weighted by Crippen LogP contribution is -2.55. The van der Waals surface area contributed by atoms with E-state index < -0.39 is 22.3 Å². The molecule has 0 atom stereocenters. The molecule has 2 aromatic rings. The van der Waals surface area contributed by atoms with Gasteiger partial charge in [-0.05, 0) is 25.0 Å². The minimum absolute atomic E-state index is 0.0402. The summed E-state index contributed by atoms with van der Waals surface area (Å²) in [6, 6.07) is 5.97. The van der Waals surface area contributed by atoms with Crippen molar-refractivity contribution in [1.82, 2.24) is 5.32 Å². The van der Waals surface area contributed by atoms with Crippen LogP contribution < -0.4 is 5.32 Å². The van der Waals surface area contributed by atoms with Gasteiger partial charge in [0.15, 0.2) is 0 Å². The number of carboxylic acids is 1. The molecule has 0 saturated heterocycles. The second-order valence-electron chi connectivity index (χ2n) is 5.99. The first-order valence-electron chi connectivity index (χ1n) is 7.65. The Bertz CT molecular complexity index is 823. The normalized spacial score (nSPS) is 16.7. The largest absolute Gasteiger partial charge is 0.480 e. The van der Waals surface area contributed by atoms with E-state index >= 15 is 0 Å². The molecule has 0 unspecified atom stereocenters. The molecule has 7 nitrogen and oxygen atoms in total. The van der Waals surface area contributed by atoms with Crippen LogP contribution in [0.5, 0.6) is 0 Å². The lowest BCUT2D eigenvalue weighted by molar-refractivity contribution is -0.384. The SMILES string of the molecule is O=C(NC1(C(=O)O)CCCCC1)c1cc2cc([N+](=O)[O-])ccc2s1. The molecular formula is C16H16N2O5S. The highest BCUT2D eigenvalue weighted by atomic mass is 32.1. The summed E-state index contributed by atoms with van der Waals surface area (Å²) in [6.07, 6.45) is 3.35. The van der Waals surface area contributed by atoms with Crippen molar-refractivity contribution >= 4 is 39.0 Å². The molecular weight excluding hydrogens is 332 g/mol. The molecule has 2 N–H and O–H groups in total. The highest BCUT2D eigenvalue weighted by molar-refractivity contribution is 7.20. The van der Waals surface area contributed by atoms with Crippen LogP contribution >= 0.6 is 11.3 Å². The van der Waals surface area contributed by atoms with Gasteiger partial charge in [0.05, 0.1) is 9.80 Å². The minimum Gasteiger partial charge on any atom is -0.480 e. The molecule has 0 radical (unpaired) electrons. The zero-order valence-corrected chi connectivity index (χ0v) is 13.6. The maximum atomic E-state index is 12.5. The number of nitro benzene ring substituents is 1. The fourth-order valence-electron chi connectivity index (χ4n) is 3.08. The van der Waals surface area contributed by atoms with E-state index in [4.69, 9.17) is 0 Å². The van der Waals surface area contributed by atoms with E-state index in [0.29, 0.717) is 23.1 Å². The van der Waals surface area contributed by atoms with Gasteiger partial charge >= 0.3 is 5.97 Å². The number of nitrogens with one attached hydrogen (secondary N) is 1. The first kappa shape index (κ1) is 16.4. The summed E-state index contributed by atoms with van der Waals surface area (Å²) in [7, 11) is 0. The van der Waals surface area contributed by atoms with Crippen molar-refractivity contribution in [2.24, 2.45) is 0 Å². The van der Waals surface area contributed by atoms with E-state index in [0.717, 1.165) is 24.0 Å². The lowest BCUT2D eigenvalue weighted by Gasteiger charge is -2.33. The Morgan fingerprint density at radius 1 is 1.21 bits per heavy atom. The number of carboxylic acid groups (broad SMARTS) is 1. The van der Waals surface area contributed by atoms with E-state index in [1.54, 1.807) is 12.1 Å². The number of hydrogen-bond acceptors (Lipinski definition) is 5. The van der Waals surface area contributed by atoms with E-state index in [2.05, 4.69) is 5.32 Å². The number of thiophene rings is 1. The molecule has 1 aliphatic carbocycles. The standard InChI is InChI=1S/C16H16N2O5S/c19-14(17-16(15(20)21)6-2-1-3-7-16)13-9-10-8-11(18(22)23)4-5-12(10)24-13/h4-5,8-9H,1-3,6-7H2,(H,17,19)(H,20,21). The summed E-state index contributed by atoms with van der Waals surface area (Å²) in [5.41, 5.74) is -1.25. The summed E-state index contributed by atoms with van der Waals surface area (Å²) < 4.78 is 0.749. The third kappa shape index (κ3) is 2.96. The number of nitrogens with zero attached hydrogens (tertiary/aromatic N) is 1. The number of non-ortho nitro benzene ring substituents is 1. The predicted molar refractivity (Wildman–Crippen MR) is 89.4 cm³/mol. The second kappa shape index (κ2) is 6.20. The maximum absolute atomic E-state index is 12.5. The molecule has 1 aromatic carbocycles. The van der Waals surface area contributed by atoms with Gasteiger partial charge in [0.25, 0.3) is 11.6 Å². The van der Waals surface area contributed by atoms with Gasteiger partial charge in [-0.25, -0.2) is 4.79 Å². The molecule has 1 heterocycles. The van der Waals surface area contributed by atoms with Crippen LogP contribution in [0.4, 0.5) is 5.69 Å². The Labute approximate surface area is 141 Å². The molecule has 1 amide bonds. The van der Waals surface area contributed by atoms with Crippen molar-refractivity contribution in [2.75, 3.05) is 0 Å². The molecule has 1 saturated carbocycles. The highest BCUT2D eigenvalue weighted by Gasteiger charge is 2.41. The van der Waals surface area contributed by atoms with Crippen molar-refractivity contribution < 1.29 is 19.6 Å². The Hall–Kier alpha value is -2.48. The van der Waals surface area contributed by atoms with Gasteiger partial charge in [-0.1, -0.05) is 19.3 Å². The van der Waals surface area contributed by atoms with Crippen LogP contribution in [0.15, 0.2) is 24.3 Å². The van der Waals surface area contributed by atoms with Gasteiger partial charge in [-0.2, -0.15) is 0 Å². The van der Waals surface area contributed by atoms with Gasteiger partial charge in [-0.15, -0.1) is 11.3 Å². The Morgan fingerprint density at radius 2 is 1.92 bits per heavy atom. The van der Waals surface area contributed by atoms with Crippen LogP contribution in [0.3, 0.4) is 0 Å². The topological polar surface area (TPSA) is 110 Å². The maximum Gasteiger partial charge on any atom is 0.329 e. The summed E-state index contributed by atoms with van der Waals surface area (Å²) in [5, 5.41) is 23.7. The second-order valence-corrected chi connectivity index (χ2v) is 7.08. The van der Waals surface area contributed by atoms with Crippen LogP contribution in [0.1, 0.15) is 41.8 Å². The quantitative estimate of drug-likeness (QED) is 0.650. The van der Waals surface area contributed by atoms with Gasteiger partial charge in [-0.3, -0.25) is 14.9 Å². The van der Waals surface area contributed by atoms with Gasteiger partial charge in [0, 0.05) is 22.2 Å². The van der Waals surface area contributed by atoms with Crippen molar-refractivity contribution in [1.29, 1.82) is 0 Å². The number of benzene rings is 1. The van der Waals surface area contributed by atoms with Gasteiger partial charge in [0.1, 0.15) is 5.54 Å². The molecule has 1 aromatic heterocycles. The zero-order valence-electron chi connectivity index (χ0n) is 12.8. The Kier molecular flexibility index (Phi) is 4.23. The molecule has 8 heteroatoms. The number of rotatable bonds is 4. The van der Waals surface area contributed by atoms with Gasteiger partial charge in [0.2, 0.25) is 0 Å². The molecule has 1 aliphatic rings. The van der Waals surface area contributed by atoms with Crippen molar-refractivity contribution in [3.8, 4) is 0 Å². The fourth-order valence-corrected chi connectivity index (χ4v) is 4.02. The van der Waals surface area contributed by atoms with Crippen LogP contribution in [0.2, 0.25) is 0 Å². The minimum atomic E-state index is -1.21. The predicted octanol–water partition coefficient (Wildman–Crippen LogP) is 3.33. The number of carbonyl (C=O) groups is 2. The summed E-state index contributed by atoms with van der Waals surface area (Å²) >= 11 is 1.20. The molecule has 0 bridgehead atoms. The number of hydrogen-bond donors (Lipinski definition) is 2. The van der Waals surface area contributed by atoms with Crippen molar-refractivity contribution in [3.63, 3.8) is 0 Å². The lowest BCUT2D eigenvalue weighted by atomic mass is 9.81. The van der Waals surface area contributed by atoms with Crippen LogP contribution in [0.25, 0.3) is 10.1 Å². The van der Waals surface area contributed by atoms with E-state index in [-0.39, 0.29) is 5.69 Å². The molecule has 0 spiro atoms. The third-order valence-electron chi connectivity index (χ3n) is 4.40. The van der Waals surface area contributed by atoms with E-state index in [9.17, 15) is 24.8 Å². The zero-order chi connectivity index (χ0) is 17.3. The first-order valence-corrected chi connectivity index (χ1v) is 8.47. The van der Waals surface area contributed by atoms with Crippen molar-refractivity contribution in [2.45, 2.75) is 37.6 Å². The van der Waals surface area contributed by atoms with Crippen LogP contribution in [-0.2, 0) is 4.79 Å². The van der Waals surface area contributed by atoms with Crippen LogP contribution in [-0.4, -0.2) is 27.4 Å². The smallest absolute Gasteiger partial charge is 0.329 e. The molecule has 0 aliphatic heterocycles. The van der Waals surface area contributed by atoms with Gasteiger partial charge < -0.3 is 10.4 Å². The molecule has 126 valence electrons. The molecule has 1 fully saturated rings. The first-order chi connectivity index (χ1) is 11.4. The van der Waals surface area contributed by atoms with E-state index in [1.807, 2.05) is 0 Å². The number of nitro groups is 1. The highest BCUT2D eigenvalue weighted by Crippen LogP contribution is 2.32. The monoisotopic (exact) mass is 348 g/mol. The third-order valence-corrected chi connectivity index (χ3v) is 5.52. The number of amides is 1. The van der Waals surface area contributed by atoms with E-state index in [1.165, 1.54) is 23.5 Å². The number of carbonyl (C=O) groups excluding carboxylic acids is 1. The molecule has 24 heavy (non-hydrogen) atoms.